The molecule has 1 fully saturated rings. The molecule has 1 aliphatic rings. The molecule has 0 unspecified atom stereocenters. The Balaban J connectivity index is 1.33. The van der Waals surface area contributed by atoms with E-state index in [1.165, 1.54) is 25.7 Å². The van der Waals surface area contributed by atoms with E-state index in [2.05, 4.69) is 27.4 Å². The molecule has 0 saturated carbocycles. The van der Waals surface area contributed by atoms with Gasteiger partial charge in [0.25, 0.3) is 5.91 Å². The van der Waals surface area contributed by atoms with Gasteiger partial charge in [-0.3, -0.25) is 4.79 Å². The number of carbonyl (C=O) groups excluding carboxylic acids is 1. The number of rotatable bonds is 10. The van der Waals surface area contributed by atoms with Crippen molar-refractivity contribution < 1.29 is 9.53 Å². The Kier molecular flexibility index (Phi) is 8.54. The summed E-state index contributed by atoms with van der Waals surface area (Å²) >= 11 is 0. The van der Waals surface area contributed by atoms with Crippen LogP contribution in [0.5, 0.6) is 5.75 Å². The van der Waals surface area contributed by atoms with Crippen molar-refractivity contribution in [1.29, 1.82) is 0 Å². The molecule has 7 nitrogen and oxygen atoms in total. The van der Waals surface area contributed by atoms with Crippen LogP contribution in [-0.2, 0) is 0 Å². The first-order valence-electron chi connectivity index (χ1n) is 12.6. The van der Waals surface area contributed by atoms with E-state index >= 15 is 0 Å². The Morgan fingerprint density at radius 3 is 2.37 bits per heavy atom. The second-order valence-corrected chi connectivity index (χ2v) is 8.98. The van der Waals surface area contributed by atoms with E-state index in [-0.39, 0.29) is 5.91 Å². The molecule has 1 amide bonds. The molecular formula is C28H35N5O2. The van der Waals surface area contributed by atoms with Crippen LogP contribution >= 0.6 is 0 Å². The second-order valence-electron chi connectivity index (χ2n) is 8.98. The summed E-state index contributed by atoms with van der Waals surface area (Å²) in [6.45, 7) is 6.94. The van der Waals surface area contributed by atoms with Crippen LogP contribution in [0.4, 0.5) is 23.1 Å². The number of unbranched alkanes of at least 4 members (excludes halogenated alkanes) is 2. The van der Waals surface area contributed by atoms with Gasteiger partial charge in [-0.15, -0.1) is 0 Å². The fourth-order valence-corrected chi connectivity index (χ4v) is 4.11. The average Bonchev–Trinajstić information content (AvgIpc) is 2.88. The van der Waals surface area contributed by atoms with Gasteiger partial charge in [0, 0.05) is 41.8 Å². The minimum Gasteiger partial charge on any atom is -0.494 e. The molecule has 1 aliphatic heterocycles. The smallest absolute Gasteiger partial charge is 0.255 e. The van der Waals surface area contributed by atoms with Crippen molar-refractivity contribution in [2.24, 2.45) is 0 Å². The minimum atomic E-state index is -0.156. The molecule has 0 bridgehead atoms. The molecule has 7 heteroatoms. The van der Waals surface area contributed by atoms with Gasteiger partial charge in [0.1, 0.15) is 11.6 Å². The summed E-state index contributed by atoms with van der Waals surface area (Å²) in [7, 11) is 0. The molecule has 0 spiro atoms. The number of nitrogens with one attached hydrogen (secondary N) is 2. The van der Waals surface area contributed by atoms with E-state index in [0.717, 1.165) is 54.6 Å². The van der Waals surface area contributed by atoms with Crippen LogP contribution in [0.15, 0.2) is 54.6 Å². The largest absolute Gasteiger partial charge is 0.494 e. The van der Waals surface area contributed by atoms with Crippen molar-refractivity contribution in [3.05, 3.63) is 65.9 Å². The zero-order valence-electron chi connectivity index (χ0n) is 20.7. The van der Waals surface area contributed by atoms with Crippen LogP contribution < -0.4 is 20.3 Å². The monoisotopic (exact) mass is 473 g/mol. The van der Waals surface area contributed by atoms with Crippen molar-refractivity contribution in [1.82, 2.24) is 9.97 Å². The van der Waals surface area contributed by atoms with Crippen LogP contribution in [0.25, 0.3) is 0 Å². The number of hydrogen-bond acceptors (Lipinski definition) is 6. The van der Waals surface area contributed by atoms with Gasteiger partial charge in [-0.25, -0.2) is 4.98 Å². The number of carbonyl (C=O) groups is 1. The van der Waals surface area contributed by atoms with Crippen molar-refractivity contribution in [2.45, 2.75) is 52.4 Å². The lowest BCUT2D eigenvalue weighted by Crippen LogP contribution is -2.30. The number of benzene rings is 2. The molecule has 2 heterocycles. The summed E-state index contributed by atoms with van der Waals surface area (Å²) in [5.41, 5.74) is 3.11. The highest BCUT2D eigenvalue weighted by Gasteiger charge is 2.14. The molecule has 35 heavy (non-hydrogen) atoms. The molecule has 184 valence electrons. The zero-order valence-corrected chi connectivity index (χ0v) is 20.7. The van der Waals surface area contributed by atoms with Gasteiger partial charge < -0.3 is 20.3 Å². The summed E-state index contributed by atoms with van der Waals surface area (Å²) in [6.07, 6.45) is 7.06. The van der Waals surface area contributed by atoms with Gasteiger partial charge in [-0.05, 0) is 81.1 Å². The van der Waals surface area contributed by atoms with Gasteiger partial charge >= 0.3 is 0 Å². The third-order valence-corrected chi connectivity index (χ3v) is 6.05. The summed E-state index contributed by atoms with van der Waals surface area (Å²) in [4.78, 5) is 24.2. The van der Waals surface area contributed by atoms with Gasteiger partial charge in [-0.2, -0.15) is 4.98 Å². The van der Waals surface area contributed by atoms with Crippen LogP contribution in [-0.4, -0.2) is 35.6 Å². The number of ether oxygens (including phenoxy) is 1. The standard InChI is InChI=1S/C28H35N5O2/c1-3-4-8-19-35-25-15-9-22(10-16-25)27(34)30-23-11-13-24(14-12-23)31-28-29-21(2)20-26(32-28)33-17-6-5-7-18-33/h9-16,20H,3-8,17-19H2,1-2H3,(H,30,34)(H,29,31,32). The molecule has 0 radical (unpaired) electrons. The van der Waals surface area contributed by atoms with Crippen molar-refractivity contribution in [3.8, 4) is 5.75 Å². The zero-order chi connectivity index (χ0) is 24.5. The number of amides is 1. The molecule has 1 saturated heterocycles. The predicted octanol–water partition coefficient (Wildman–Crippen LogP) is 6.34. The van der Waals surface area contributed by atoms with Crippen LogP contribution in [0, 0.1) is 6.92 Å². The summed E-state index contributed by atoms with van der Waals surface area (Å²) in [6, 6.07) is 16.9. The highest BCUT2D eigenvalue weighted by atomic mass is 16.5. The summed E-state index contributed by atoms with van der Waals surface area (Å²) in [5, 5.41) is 6.24. The molecule has 4 rings (SSSR count). The van der Waals surface area contributed by atoms with Gasteiger partial charge in [-0.1, -0.05) is 19.8 Å². The van der Waals surface area contributed by atoms with E-state index < -0.39 is 0 Å². The van der Waals surface area contributed by atoms with E-state index in [0.29, 0.717) is 18.1 Å². The van der Waals surface area contributed by atoms with Gasteiger partial charge in [0.2, 0.25) is 5.95 Å². The maximum atomic E-state index is 12.6. The fraction of sp³-hybridized carbons (Fsp3) is 0.393. The number of piperidine rings is 1. The van der Waals surface area contributed by atoms with Gasteiger partial charge in [0.05, 0.1) is 6.61 Å². The number of aryl methyl sites for hydroxylation is 1. The first-order valence-corrected chi connectivity index (χ1v) is 12.6. The van der Waals surface area contributed by atoms with Gasteiger partial charge in [0.15, 0.2) is 0 Å². The Labute approximate surface area is 207 Å². The van der Waals surface area contributed by atoms with Crippen molar-refractivity contribution in [3.63, 3.8) is 0 Å². The molecule has 0 aliphatic carbocycles. The topological polar surface area (TPSA) is 79.4 Å². The maximum Gasteiger partial charge on any atom is 0.255 e. The summed E-state index contributed by atoms with van der Waals surface area (Å²) in [5.74, 6) is 2.19. The fourth-order valence-electron chi connectivity index (χ4n) is 4.11. The lowest BCUT2D eigenvalue weighted by molar-refractivity contribution is 0.102. The lowest BCUT2D eigenvalue weighted by Gasteiger charge is -2.28. The Morgan fingerprint density at radius 1 is 0.943 bits per heavy atom. The minimum absolute atomic E-state index is 0.156. The normalized spacial score (nSPS) is 13.4. The number of anilines is 4. The second kappa shape index (κ2) is 12.2. The molecule has 0 atom stereocenters. The van der Waals surface area contributed by atoms with E-state index in [4.69, 9.17) is 9.72 Å². The molecule has 1 aromatic heterocycles. The molecule has 2 aromatic carbocycles. The molecule has 3 aromatic rings. The van der Waals surface area contributed by atoms with E-state index in [9.17, 15) is 4.79 Å². The third-order valence-electron chi connectivity index (χ3n) is 6.05. The molecular weight excluding hydrogens is 438 g/mol. The number of aromatic nitrogens is 2. The Bertz CT molecular complexity index is 1090. The average molecular weight is 474 g/mol. The van der Waals surface area contributed by atoms with Crippen LogP contribution in [0.2, 0.25) is 0 Å². The first-order chi connectivity index (χ1) is 17.1. The number of nitrogens with zero attached hydrogens (tertiary/aromatic N) is 3. The van der Waals surface area contributed by atoms with Crippen molar-refractivity contribution >= 4 is 29.0 Å². The highest BCUT2D eigenvalue weighted by molar-refractivity contribution is 6.04. The summed E-state index contributed by atoms with van der Waals surface area (Å²) < 4.78 is 5.72. The Hall–Kier alpha value is -3.61. The van der Waals surface area contributed by atoms with E-state index in [1.54, 1.807) is 12.1 Å². The Morgan fingerprint density at radius 2 is 1.66 bits per heavy atom. The highest BCUT2D eigenvalue weighted by Crippen LogP contribution is 2.23. The predicted molar refractivity (Wildman–Crippen MR) is 142 cm³/mol. The number of hydrogen-bond donors (Lipinski definition) is 2. The SMILES string of the molecule is CCCCCOc1ccc(C(=O)Nc2ccc(Nc3nc(C)cc(N4CCCCC4)n3)cc2)cc1. The maximum absolute atomic E-state index is 12.6. The van der Waals surface area contributed by atoms with Crippen LogP contribution in [0.1, 0.15) is 61.5 Å². The quantitative estimate of drug-likeness (QED) is 0.335. The van der Waals surface area contributed by atoms with E-state index in [1.807, 2.05) is 49.4 Å². The van der Waals surface area contributed by atoms with Crippen molar-refractivity contribution in [2.75, 3.05) is 35.2 Å². The van der Waals surface area contributed by atoms with Crippen LogP contribution in [0.3, 0.4) is 0 Å². The first kappa shape index (κ1) is 24.5. The molecule has 2 N–H and O–H groups in total. The third kappa shape index (κ3) is 7.18. The lowest BCUT2D eigenvalue weighted by atomic mass is 10.1.